The van der Waals surface area contributed by atoms with Gasteiger partial charge in [-0.05, 0) is 100 Å². The number of piperidine rings is 2. The Bertz CT molecular complexity index is 409. The van der Waals surface area contributed by atoms with Gasteiger partial charge in [0, 0.05) is 25.7 Å². The smallest absolute Gasteiger partial charge is 0.0564 e. The van der Waals surface area contributed by atoms with Crippen LogP contribution in [0.25, 0.3) is 0 Å². The predicted octanol–water partition coefficient (Wildman–Crippen LogP) is 2.98. The second-order valence-corrected chi connectivity index (χ2v) is 9.93. The summed E-state index contributed by atoms with van der Waals surface area (Å²) in [5.41, 5.74) is 0. The Morgan fingerprint density at radius 1 is 0.708 bits per heavy atom. The summed E-state index contributed by atoms with van der Waals surface area (Å²) in [6.07, 6.45) is 12.6. The zero-order chi connectivity index (χ0) is 16.1. The van der Waals surface area contributed by atoms with Gasteiger partial charge in [-0.15, -0.1) is 0 Å². The van der Waals surface area contributed by atoms with Gasteiger partial charge in [0.05, 0.1) is 6.10 Å². The Hall–Kier alpha value is -0.120. The van der Waals surface area contributed by atoms with Crippen molar-refractivity contribution < 1.29 is 5.11 Å². The van der Waals surface area contributed by atoms with Crippen molar-refractivity contribution in [1.29, 1.82) is 0 Å². The molecule has 1 N–H and O–H groups in total. The minimum absolute atomic E-state index is 0.0278. The molecule has 4 bridgehead atoms. The molecule has 0 amide bonds. The van der Waals surface area contributed by atoms with E-state index in [1.54, 1.807) is 32.1 Å². The number of likely N-dealkylation sites (tertiary alicyclic amines) is 2. The van der Waals surface area contributed by atoms with Crippen LogP contribution in [0.1, 0.15) is 57.8 Å². The molecule has 2 aliphatic heterocycles. The Balaban J connectivity index is 1.13. The lowest BCUT2D eigenvalue weighted by Crippen LogP contribution is -2.57. The molecule has 3 nitrogen and oxygen atoms in total. The molecule has 6 aliphatic rings. The molecule has 0 aromatic carbocycles. The van der Waals surface area contributed by atoms with Crippen LogP contribution in [0.3, 0.4) is 0 Å². The molecule has 0 unspecified atom stereocenters. The van der Waals surface area contributed by atoms with Crippen molar-refractivity contribution in [3.05, 3.63) is 0 Å². The number of hydrogen-bond donors (Lipinski definition) is 1. The maximum Gasteiger partial charge on any atom is 0.0564 e. The van der Waals surface area contributed by atoms with Gasteiger partial charge in [0.2, 0.25) is 0 Å². The molecule has 3 heteroatoms. The first-order valence-electron chi connectivity index (χ1n) is 10.9. The predicted molar refractivity (Wildman–Crippen MR) is 96.8 cm³/mol. The van der Waals surface area contributed by atoms with Gasteiger partial charge < -0.3 is 10.0 Å². The van der Waals surface area contributed by atoms with Crippen molar-refractivity contribution >= 4 is 0 Å². The van der Waals surface area contributed by atoms with Crippen LogP contribution in [0.4, 0.5) is 0 Å². The Morgan fingerprint density at radius 2 is 1.29 bits per heavy atom. The summed E-state index contributed by atoms with van der Waals surface area (Å²) >= 11 is 0. The summed E-state index contributed by atoms with van der Waals surface area (Å²) in [5.74, 6) is 5.24. The molecular formula is C21H36N2O. The minimum atomic E-state index is -0.0278. The SMILES string of the molecule is OC1CCN(CC2CCN(C3C4CC5CC(C4)CC3C5)CC2)CC1. The lowest BCUT2D eigenvalue weighted by Gasteiger charge is -2.58. The number of hydrogen-bond acceptors (Lipinski definition) is 3. The average molecular weight is 333 g/mol. The number of rotatable bonds is 3. The number of aliphatic hydroxyl groups excluding tert-OH is 1. The first-order valence-corrected chi connectivity index (χ1v) is 10.9. The van der Waals surface area contributed by atoms with Crippen LogP contribution in [0.2, 0.25) is 0 Å². The molecule has 4 saturated carbocycles. The fraction of sp³-hybridized carbons (Fsp3) is 1.00. The second kappa shape index (κ2) is 6.55. The molecule has 136 valence electrons. The van der Waals surface area contributed by atoms with Gasteiger partial charge in [-0.1, -0.05) is 0 Å². The molecular weight excluding hydrogens is 296 g/mol. The summed E-state index contributed by atoms with van der Waals surface area (Å²) < 4.78 is 0. The highest BCUT2D eigenvalue weighted by atomic mass is 16.3. The number of aliphatic hydroxyl groups is 1. The van der Waals surface area contributed by atoms with Crippen LogP contribution in [-0.4, -0.2) is 59.8 Å². The van der Waals surface area contributed by atoms with Gasteiger partial charge in [-0.2, -0.15) is 0 Å². The van der Waals surface area contributed by atoms with E-state index in [-0.39, 0.29) is 6.10 Å². The highest BCUT2D eigenvalue weighted by molar-refractivity contribution is 5.02. The first kappa shape index (κ1) is 16.1. The largest absolute Gasteiger partial charge is 0.393 e. The van der Waals surface area contributed by atoms with E-state index in [1.807, 2.05) is 0 Å². The van der Waals surface area contributed by atoms with E-state index in [0.717, 1.165) is 61.6 Å². The van der Waals surface area contributed by atoms with E-state index in [9.17, 15) is 5.11 Å². The molecule has 2 heterocycles. The van der Waals surface area contributed by atoms with Gasteiger partial charge in [0.25, 0.3) is 0 Å². The van der Waals surface area contributed by atoms with Crippen molar-refractivity contribution in [2.75, 3.05) is 32.7 Å². The highest BCUT2D eigenvalue weighted by Crippen LogP contribution is 2.55. The highest BCUT2D eigenvalue weighted by Gasteiger charge is 2.50. The third-order valence-electron chi connectivity index (χ3n) is 8.32. The Labute approximate surface area is 147 Å². The lowest BCUT2D eigenvalue weighted by molar-refractivity contribution is -0.0747. The van der Waals surface area contributed by atoms with Crippen molar-refractivity contribution in [2.24, 2.45) is 29.6 Å². The Kier molecular flexibility index (Phi) is 4.39. The average Bonchev–Trinajstić information content (AvgIpc) is 2.57. The molecule has 6 fully saturated rings. The van der Waals surface area contributed by atoms with E-state index in [4.69, 9.17) is 0 Å². The molecule has 0 spiro atoms. The molecule has 0 aromatic rings. The van der Waals surface area contributed by atoms with E-state index < -0.39 is 0 Å². The van der Waals surface area contributed by atoms with Gasteiger partial charge in [0.1, 0.15) is 0 Å². The number of nitrogens with zero attached hydrogens (tertiary/aromatic N) is 2. The van der Waals surface area contributed by atoms with Crippen molar-refractivity contribution in [1.82, 2.24) is 9.80 Å². The fourth-order valence-electron chi connectivity index (χ4n) is 7.39. The van der Waals surface area contributed by atoms with Crippen LogP contribution in [-0.2, 0) is 0 Å². The van der Waals surface area contributed by atoms with Crippen LogP contribution in [0, 0.1) is 29.6 Å². The normalized spacial score (nSPS) is 45.1. The lowest BCUT2D eigenvalue weighted by atomic mass is 9.53. The van der Waals surface area contributed by atoms with Crippen LogP contribution in [0.15, 0.2) is 0 Å². The minimum Gasteiger partial charge on any atom is -0.393 e. The van der Waals surface area contributed by atoms with Gasteiger partial charge in [-0.3, -0.25) is 4.90 Å². The standard InChI is InChI=1S/C21H36N2O/c24-20-3-5-22(6-4-20)14-15-1-7-23(8-2-15)21-18-10-16-9-17(12-18)13-19(21)11-16/h15-21,24H,1-14H2. The van der Waals surface area contributed by atoms with Gasteiger partial charge in [-0.25, -0.2) is 0 Å². The summed E-state index contributed by atoms with van der Waals surface area (Å²) in [6, 6.07) is 0.962. The van der Waals surface area contributed by atoms with Gasteiger partial charge >= 0.3 is 0 Å². The van der Waals surface area contributed by atoms with Crippen LogP contribution < -0.4 is 0 Å². The van der Waals surface area contributed by atoms with Crippen LogP contribution in [0.5, 0.6) is 0 Å². The summed E-state index contributed by atoms with van der Waals surface area (Å²) in [4.78, 5) is 5.56. The second-order valence-electron chi connectivity index (χ2n) is 9.93. The van der Waals surface area contributed by atoms with Crippen molar-refractivity contribution in [3.63, 3.8) is 0 Å². The summed E-state index contributed by atoms with van der Waals surface area (Å²) in [7, 11) is 0. The molecule has 0 atom stereocenters. The summed E-state index contributed by atoms with van der Waals surface area (Å²) in [6.45, 7) is 6.28. The Morgan fingerprint density at radius 3 is 1.88 bits per heavy atom. The topological polar surface area (TPSA) is 26.7 Å². The third-order valence-corrected chi connectivity index (χ3v) is 8.32. The van der Waals surface area contributed by atoms with Crippen molar-refractivity contribution in [3.8, 4) is 0 Å². The fourth-order valence-corrected chi connectivity index (χ4v) is 7.39. The quantitative estimate of drug-likeness (QED) is 0.861. The molecule has 0 aromatic heterocycles. The van der Waals surface area contributed by atoms with Gasteiger partial charge in [0.15, 0.2) is 0 Å². The maximum absolute atomic E-state index is 9.68. The molecule has 24 heavy (non-hydrogen) atoms. The van der Waals surface area contributed by atoms with Crippen molar-refractivity contribution in [2.45, 2.75) is 69.9 Å². The van der Waals surface area contributed by atoms with E-state index in [2.05, 4.69) is 9.80 Å². The zero-order valence-corrected chi connectivity index (χ0v) is 15.3. The van der Waals surface area contributed by atoms with E-state index >= 15 is 0 Å². The monoisotopic (exact) mass is 332 g/mol. The third kappa shape index (κ3) is 3.05. The van der Waals surface area contributed by atoms with E-state index in [0.29, 0.717) is 0 Å². The molecule has 6 rings (SSSR count). The first-order chi connectivity index (χ1) is 11.7. The summed E-state index contributed by atoms with van der Waals surface area (Å²) in [5, 5.41) is 9.68. The molecule has 4 aliphatic carbocycles. The molecule has 2 saturated heterocycles. The maximum atomic E-state index is 9.68. The van der Waals surface area contributed by atoms with E-state index in [1.165, 1.54) is 32.5 Å². The zero-order valence-electron chi connectivity index (χ0n) is 15.3. The molecule has 0 radical (unpaired) electrons. The van der Waals surface area contributed by atoms with Crippen LogP contribution >= 0.6 is 0 Å².